The molecule has 2 aliphatic heterocycles. The Morgan fingerprint density at radius 2 is 2.11 bits per heavy atom. The highest BCUT2D eigenvalue weighted by molar-refractivity contribution is 6.09. The topological polar surface area (TPSA) is 87.7 Å². The van der Waals surface area contributed by atoms with Gasteiger partial charge in [0.1, 0.15) is 17.8 Å². The second-order valence-corrected chi connectivity index (χ2v) is 7.73. The van der Waals surface area contributed by atoms with E-state index in [1.807, 2.05) is 31.2 Å². The number of nitrogens with zero attached hydrogens (tertiary/aromatic N) is 1. The molecule has 2 heterocycles. The Kier molecular flexibility index (Phi) is 4.53. The number of benzene rings is 1. The van der Waals surface area contributed by atoms with Crippen molar-refractivity contribution in [2.75, 3.05) is 13.2 Å². The zero-order chi connectivity index (χ0) is 19.0. The smallest absolute Gasteiger partial charge is 0.325 e. The summed E-state index contributed by atoms with van der Waals surface area (Å²) in [6.07, 6.45) is 4.18. The van der Waals surface area contributed by atoms with E-state index >= 15 is 0 Å². The summed E-state index contributed by atoms with van der Waals surface area (Å²) in [5, 5.41) is 5.83. The summed E-state index contributed by atoms with van der Waals surface area (Å²) in [7, 11) is 0. The average molecular weight is 371 g/mol. The number of imide groups is 1. The van der Waals surface area contributed by atoms with Gasteiger partial charge in [0.25, 0.3) is 5.91 Å². The molecule has 1 aromatic carbocycles. The highest BCUT2D eigenvalue weighted by Gasteiger charge is 2.55. The minimum Gasteiger partial charge on any atom is -0.493 e. The van der Waals surface area contributed by atoms with Gasteiger partial charge in [-0.15, -0.1) is 0 Å². The van der Waals surface area contributed by atoms with Crippen LogP contribution in [0.3, 0.4) is 0 Å². The summed E-state index contributed by atoms with van der Waals surface area (Å²) in [4.78, 5) is 39.1. The van der Waals surface area contributed by atoms with Crippen molar-refractivity contribution in [3.8, 4) is 5.75 Å². The molecule has 1 aliphatic carbocycles. The third-order valence-corrected chi connectivity index (χ3v) is 6.10. The Balaban J connectivity index is 1.44. The molecule has 0 radical (unpaired) electrons. The Morgan fingerprint density at radius 1 is 1.30 bits per heavy atom. The molecule has 0 bridgehead atoms. The van der Waals surface area contributed by atoms with Crippen LogP contribution >= 0.6 is 0 Å². The Morgan fingerprint density at radius 3 is 2.93 bits per heavy atom. The number of rotatable bonds is 3. The zero-order valence-corrected chi connectivity index (χ0v) is 15.5. The van der Waals surface area contributed by atoms with Crippen molar-refractivity contribution < 1.29 is 19.1 Å². The lowest BCUT2D eigenvalue weighted by atomic mass is 9.73. The van der Waals surface area contributed by atoms with E-state index in [-0.39, 0.29) is 30.3 Å². The van der Waals surface area contributed by atoms with Crippen molar-refractivity contribution in [3.63, 3.8) is 0 Å². The monoisotopic (exact) mass is 371 g/mol. The molecule has 144 valence electrons. The van der Waals surface area contributed by atoms with Crippen LogP contribution in [-0.4, -0.2) is 41.4 Å². The first-order chi connectivity index (χ1) is 13.0. The molecule has 3 atom stereocenters. The van der Waals surface area contributed by atoms with Gasteiger partial charge in [0, 0.05) is 12.0 Å². The molecule has 3 aliphatic rings. The molecule has 1 saturated heterocycles. The van der Waals surface area contributed by atoms with Crippen LogP contribution in [0.1, 0.15) is 50.6 Å². The maximum absolute atomic E-state index is 13.0. The Bertz CT molecular complexity index is 780. The molecule has 27 heavy (non-hydrogen) atoms. The van der Waals surface area contributed by atoms with Gasteiger partial charge in [0.15, 0.2) is 0 Å². The normalized spacial score (nSPS) is 29.9. The predicted octanol–water partition coefficient (Wildman–Crippen LogP) is 2.13. The van der Waals surface area contributed by atoms with E-state index in [1.165, 1.54) is 0 Å². The molecule has 1 spiro atoms. The van der Waals surface area contributed by atoms with Crippen LogP contribution < -0.4 is 15.4 Å². The van der Waals surface area contributed by atoms with Crippen molar-refractivity contribution in [2.24, 2.45) is 5.92 Å². The fourth-order valence-electron chi connectivity index (χ4n) is 4.51. The number of carbonyl (C=O) groups excluding carboxylic acids is 3. The quantitative estimate of drug-likeness (QED) is 0.797. The molecular formula is C20H25N3O4. The SMILES string of the molecule is C[C@@H]1CCCC[C@]12NC(=O)N(CC(=O)N[C@@H]1CCOc3ccccc31)C2=O. The highest BCUT2D eigenvalue weighted by atomic mass is 16.5. The molecule has 4 amide bonds. The summed E-state index contributed by atoms with van der Waals surface area (Å²) in [6, 6.07) is 6.95. The number of hydrogen-bond acceptors (Lipinski definition) is 4. The number of nitrogens with one attached hydrogen (secondary N) is 2. The van der Waals surface area contributed by atoms with E-state index in [2.05, 4.69) is 10.6 Å². The van der Waals surface area contributed by atoms with Gasteiger partial charge in [-0.3, -0.25) is 14.5 Å². The number of hydrogen-bond donors (Lipinski definition) is 2. The number of carbonyl (C=O) groups is 3. The fourth-order valence-corrected chi connectivity index (χ4v) is 4.51. The Labute approximate surface area is 158 Å². The van der Waals surface area contributed by atoms with Crippen molar-refractivity contribution >= 4 is 17.8 Å². The molecule has 7 nitrogen and oxygen atoms in total. The summed E-state index contributed by atoms with van der Waals surface area (Å²) in [5.41, 5.74) is 0.0904. The minimum atomic E-state index is -0.832. The molecule has 0 unspecified atom stereocenters. The van der Waals surface area contributed by atoms with Crippen molar-refractivity contribution in [1.82, 2.24) is 15.5 Å². The number of para-hydroxylation sites is 1. The number of urea groups is 1. The van der Waals surface area contributed by atoms with Crippen LogP contribution in [0.2, 0.25) is 0 Å². The van der Waals surface area contributed by atoms with Crippen LogP contribution in [0, 0.1) is 5.92 Å². The summed E-state index contributed by atoms with van der Waals surface area (Å²) < 4.78 is 5.61. The van der Waals surface area contributed by atoms with Gasteiger partial charge in [-0.05, 0) is 24.8 Å². The van der Waals surface area contributed by atoms with E-state index in [1.54, 1.807) is 0 Å². The predicted molar refractivity (Wildman–Crippen MR) is 98.0 cm³/mol. The number of ether oxygens (including phenoxy) is 1. The van der Waals surface area contributed by atoms with Crippen molar-refractivity contribution in [1.29, 1.82) is 0 Å². The standard InChI is InChI=1S/C20H25N3O4/c1-13-6-4-5-10-20(13)18(25)23(19(26)22-20)12-17(24)21-15-9-11-27-16-8-3-2-7-14(15)16/h2-3,7-8,13,15H,4-6,9-12H2,1H3,(H,21,24)(H,22,26)/t13-,15-,20+/m1/s1. The minimum absolute atomic E-state index is 0.0816. The van der Waals surface area contributed by atoms with Gasteiger partial charge >= 0.3 is 6.03 Å². The lowest BCUT2D eigenvalue weighted by Gasteiger charge is -2.36. The summed E-state index contributed by atoms with van der Waals surface area (Å²) in [6.45, 7) is 2.27. The van der Waals surface area contributed by atoms with Gasteiger partial charge in [-0.25, -0.2) is 4.79 Å². The molecule has 1 aromatic rings. The van der Waals surface area contributed by atoms with Gasteiger partial charge in [-0.1, -0.05) is 38.0 Å². The average Bonchev–Trinajstić information content (AvgIpc) is 2.89. The zero-order valence-electron chi connectivity index (χ0n) is 15.5. The molecular weight excluding hydrogens is 346 g/mol. The maximum atomic E-state index is 13.0. The molecule has 1 saturated carbocycles. The van der Waals surface area contributed by atoms with Crippen LogP contribution in [-0.2, 0) is 9.59 Å². The van der Waals surface area contributed by atoms with E-state index < -0.39 is 11.6 Å². The van der Waals surface area contributed by atoms with E-state index in [9.17, 15) is 14.4 Å². The lowest BCUT2D eigenvalue weighted by molar-refractivity contribution is -0.137. The number of amides is 4. The summed E-state index contributed by atoms with van der Waals surface area (Å²) in [5.74, 6) is 0.250. The van der Waals surface area contributed by atoms with E-state index in [0.717, 1.165) is 35.5 Å². The summed E-state index contributed by atoms with van der Waals surface area (Å²) >= 11 is 0. The second-order valence-electron chi connectivity index (χ2n) is 7.73. The van der Waals surface area contributed by atoms with E-state index in [0.29, 0.717) is 19.4 Å². The van der Waals surface area contributed by atoms with Gasteiger partial charge in [0.05, 0.1) is 12.6 Å². The van der Waals surface area contributed by atoms with Crippen LogP contribution in [0.25, 0.3) is 0 Å². The number of fused-ring (bicyclic) bond motifs is 1. The van der Waals surface area contributed by atoms with Crippen molar-refractivity contribution in [2.45, 2.75) is 50.6 Å². The first kappa shape index (κ1) is 17.8. The van der Waals surface area contributed by atoms with Crippen LogP contribution in [0.15, 0.2) is 24.3 Å². The van der Waals surface area contributed by atoms with E-state index in [4.69, 9.17) is 4.74 Å². The molecule has 0 aromatic heterocycles. The molecule has 7 heteroatoms. The highest BCUT2D eigenvalue weighted by Crippen LogP contribution is 2.38. The lowest BCUT2D eigenvalue weighted by Crippen LogP contribution is -2.54. The van der Waals surface area contributed by atoms with Gasteiger partial charge < -0.3 is 15.4 Å². The first-order valence-electron chi connectivity index (χ1n) is 9.66. The Hall–Kier alpha value is -2.57. The molecule has 2 N–H and O–H groups in total. The van der Waals surface area contributed by atoms with Crippen LogP contribution in [0.4, 0.5) is 4.79 Å². The largest absolute Gasteiger partial charge is 0.493 e. The third-order valence-electron chi connectivity index (χ3n) is 6.10. The van der Waals surface area contributed by atoms with Crippen LogP contribution in [0.5, 0.6) is 5.75 Å². The maximum Gasteiger partial charge on any atom is 0.325 e. The van der Waals surface area contributed by atoms with Crippen molar-refractivity contribution in [3.05, 3.63) is 29.8 Å². The molecule has 4 rings (SSSR count). The third kappa shape index (κ3) is 3.05. The fraction of sp³-hybridized carbons (Fsp3) is 0.550. The van der Waals surface area contributed by atoms with Gasteiger partial charge in [0.2, 0.25) is 5.91 Å². The first-order valence-corrected chi connectivity index (χ1v) is 9.66. The molecule has 2 fully saturated rings. The second kappa shape index (κ2) is 6.87. The van der Waals surface area contributed by atoms with Gasteiger partial charge in [-0.2, -0.15) is 0 Å².